The lowest BCUT2D eigenvalue weighted by Crippen LogP contribution is -1.78. The fourth-order valence-electron chi connectivity index (χ4n) is 1.70. The molecule has 1 aromatic heterocycles. The van der Waals surface area contributed by atoms with Crippen LogP contribution in [0.15, 0.2) is 57.4 Å². The Labute approximate surface area is 123 Å². The summed E-state index contributed by atoms with van der Waals surface area (Å²) in [5.74, 6) is 0.886. The Bertz CT molecular complexity index is 727. The summed E-state index contributed by atoms with van der Waals surface area (Å²) in [7, 11) is 0. The van der Waals surface area contributed by atoms with Gasteiger partial charge in [0.05, 0.1) is 10.6 Å². The monoisotopic (exact) mass is 334 g/mol. The summed E-state index contributed by atoms with van der Waals surface area (Å²) < 4.78 is 6.62. The van der Waals surface area contributed by atoms with E-state index in [0.717, 1.165) is 15.6 Å². The van der Waals surface area contributed by atoms with Crippen molar-refractivity contribution in [3.05, 3.63) is 58.0 Å². The number of benzene rings is 2. The normalized spacial score (nSPS) is 10.6. The van der Waals surface area contributed by atoms with Crippen LogP contribution in [0.3, 0.4) is 0 Å². The first-order valence-corrected chi connectivity index (χ1v) is 6.75. The van der Waals surface area contributed by atoms with E-state index in [9.17, 15) is 0 Å². The van der Waals surface area contributed by atoms with Crippen molar-refractivity contribution < 1.29 is 4.42 Å². The minimum Gasteiger partial charge on any atom is -0.416 e. The molecule has 3 rings (SSSR count). The standard InChI is InChI=1S/C14H8BrClN2O/c15-10-5-3-4-9(8-10)13-17-18-14(19-13)11-6-1-2-7-12(11)16/h1-8H. The van der Waals surface area contributed by atoms with Crippen molar-refractivity contribution in [2.75, 3.05) is 0 Å². The summed E-state index contributed by atoms with van der Waals surface area (Å²) in [6, 6.07) is 15.1. The lowest BCUT2D eigenvalue weighted by Gasteiger charge is -1.97. The maximum atomic E-state index is 6.10. The van der Waals surface area contributed by atoms with E-state index in [-0.39, 0.29) is 0 Å². The number of aromatic nitrogens is 2. The van der Waals surface area contributed by atoms with Gasteiger partial charge in [0, 0.05) is 10.0 Å². The van der Waals surface area contributed by atoms with Crippen molar-refractivity contribution in [1.82, 2.24) is 10.2 Å². The number of rotatable bonds is 2. The predicted octanol–water partition coefficient (Wildman–Crippen LogP) is 4.82. The van der Waals surface area contributed by atoms with E-state index in [2.05, 4.69) is 26.1 Å². The average molecular weight is 336 g/mol. The smallest absolute Gasteiger partial charge is 0.249 e. The first-order chi connectivity index (χ1) is 9.24. The molecule has 0 bridgehead atoms. The molecule has 0 atom stereocenters. The molecular weight excluding hydrogens is 328 g/mol. The second-order valence-corrected chi connectivity index (χ2v) is 5.23. The predicted molar refractivity (Wildman–Crippen MR) is 77.9 cm³/mol. The Morgan fingerprint density at radius 1 is 0.947 bits per heavy atom. The molecule has 0 aliphatic heterocycles. The van der Waals surface area contributed by atoms with E-state index < -0.39 is 0 Å². The van der Waals surface area contributed by atoms with Gasteiger partial charge in [0.2, 0.25) is 11.8 Å². The zero-order valence-corrected chi connectivity index (χ0v) is 12.0. The van der Waals surface area contributed by atoms with Crippen LogP contribution < -0.4 is 0 Å². The van der Waals surface area contributed by atoms with Crippen LogP contribution in [0.4, 0.5) is 0 Å². The lowest BCUT2D eigenvalue weighted by molar-refractivity contribution is 0.584. The van der Waals surface area contributed by atoms with Crippen LogP contribution in [0, 0.1) is 0 Å². The van der Waals surface area contributed by atoms with Crippen LogP contribution in [0.2, 0.25) is 5.02 Å². The van der Waals surface area contributed by atoms with Gasteiger partial charge >= 0.3 is 0 Å². The molecule has 2 aromatic carbocycles. The van der Waals surface area contributed by atoms with Gasteiger partial charge in [0.25, 0.3) is 0 Å². The molecule has 5 heteroatoms. The van der Waals surface area contributed by atoms with Gasteiger partial charge in [0.1, 0.15) is 0 Å². The molecule has 0 fully saturated rings. The van der Waals surface area contributed by atoms with Gasteiger partial charge in [-0.05, 0) is 30.3 Å². The van der Waals surface area contributed by atoms with Gasteiger partial charge < -0.3 is 4.42 Å². The van der Waals surface area contributed by atoms with E-state index in [1.165, 1.54) is 0 Å². The maximum absolute atomic E-state index is 6.10. The molecule has 0 aliphatic carbocycles. The third-order valence-corrected chi connectivity index (χ3v) is 3.42. The van der Waals surface area contributed by atoms with Crippen LogP contribution in [-0.4, -0.2) is 10.2 Å². The Hall–Kier alpha value is -1.65. The number of halogens is 2. The topological polar surface area (TPSA) is 38.9 Å². The Morgan fingerprint density at radius 2 is 1.74 bits per heavy atom. The molecule has 0 unspecified atom stereocenters. The van der Waals surface area contributed by atoms with Crippen molar-refractivity contribution >= 4 is 27.5 Å². The first-order valence-electron chi connectivity index (χ1n) is 5.58. The van der Waals surface area contributed by atoms with Crippen LogP contribution in [0.1, 0.15) is 0 Å². The largest absolute Gasteiger partial charge is 0.416 e. The van der Waals surface area contributed by atoms with Gasteiger partial charge in [0.15, 0.2) is 0 Å². The quantitative estimate of drug-likeness (QED) is 0.674. The van der Waals surface area contributed by atoms with Crippen LogP contribution in [-0.2, 0) is 0 Å². The van der Waals surface area contributed by atoms with E-state index in [1.54, 1.807) is 6.07 Å². The van der Waals surface area contributed by atoms with Crippen molar-refractivity contribution in [2.24, 2.45) is 0 Å². The van der Waals surface area contributed by atoms with Crippen molar-refractivity contribution in [3.63, 3.8) is 0 Å². The van der Waals surface area contributed by atoms with E-state index >= 15 is 0 Å². The molecule has 94 valence electrons. The molecule has 19 heavy (non-hydrogen) atoms. The maximum Gasteiger partial charge on any atom is 0.249 e. The van der Waals surface area contributed by atoms with Gasteiger partial charge in [-0.3, -0.25) is 0 Å². The van der Waals surface area contributed by atoms with Gasteiger partial charge in [-0.15, -0.1) is 10.2 Å². The number of hydrogen-bond donors (Lipinski definition) is 0. The highest BCUT2D eigenvalue weighted by atomic mass is 79.9. The van der Waals surface area contributed by atoms with Gasteiger partial charge in [-0.2, -0.15) is 0 Å². The molecule has 1 heterocycles. The summed E-state index contributed by atoms with van der Waals surface area (Å²) in [6.45, 7) is 0. The third kappa shape index (κ3) is 2.55. The molecule has 0 radical (unpaired) electrons. The third-order valence-electron chi connectivity index (χ3n) is 2.60. The molecule has 0 amide bonds. The van der Waals surface area contributed by atoms with Crippen molar-refractivity contribution in [3.8, 4) is 22.9 Å². The molecule has 0 saturated carbocycles. The minimum absolute atomic E-state index is 0.417. The highest BCUT2D eigenvalue weighted by Gasteiger charge is 2.12. The fourth-order valence-corrected chi connectivity index (χ4v) is 2.32. The van der Waals surface area contributed by atoms with Crippen LogP contribution in [0.25, 0.3) is 22.9 Å². The van der Waals surface area contributed by atoms with E-state index in [0.29, 0.717) is 16.8 Å². The van der Waals surface area contributed by atoms with E-state index in [1.807, 2.05) is 42.5 Å². The van der Waals surface area contributed by atoms with Crippen molar-refractivity contribution in [2.45, 2.75) is 0 Å². The Kier molecular flexibility index (Phi) is 3.36. The summed E-state index contributed by atoms with van der Waals surface area (Å²) in [5, 5.41) is 8.68. The van der Waals surface area contributed by atoms with Crippen LogP contribution in [0.5, 0.6) is 0 Å². The minimum atomic E-state index is 0.417. The van der Waals surface area contributed by atoms with Gasteiger partial charge in [-0.25, -0.2) is 0 Å². The molecular formula is C14H8BrClN2O. The highest BCUT2D eigenvalue weighted by Crippen LogP contribution is 2.29. The molecule has 0 aliphatic rings. The molecule has 0 saturated heterocycles. The zero-order chi connectivity index (χ0) is 13.2. The highest BCUT2D eigenvalue weighted by molar-refractivity contribution is 9.10. The number of hydrogen-bond acceptors (Lipinski definition) is 3. The summed E-state index contributed by atoms with van der Waals surface area (Å²) in [4.78, 5) is 0. The fraction of sp³-hybridized carbons (Fsp3) is 0. The lowest BCUT2D eigenvalue weighted by atomic mass is 10.2. The number of nitrogens with zero attached hydrogens (tertiary/aromatic N) is 2. The summed E-state index contributed by atoms with van der Waals surface area (Å²) in [5.41, 5.74) is 1.60. The zero-order valence-electron chi connectivity index (χ0n) is 9.68. The second kappa shape index (κ2) is 5.15. The van der Waals surface area contributed by atoms with Gasteiger partial charge in [-0.1, -0.05) is 45.7 Å². The Balaban J connectivity index is 2.03. The second-order valence-electron chi connectivity index (χ2n) is 3.90. The van der Waals surface area contributed by atoms with Crippen LogP contribution >= 0.6 is 27.5 Å². The average Bonchev–Trinajstić information content (AvgIpc) is 2.89. The summed E-state index contributed by atoms with van der Waals surface area (Å²) >= 11 is 9.52. The molecule has 3 nitrogen and oxygen atoms in total. The first kappa shape index (κ1) is 12.4. The molecule has 0 spiro atoms. The van der Waals surface area contributed by atoms with E-state index in [4.69, 9.17) is 16.0 Å². The Morgan fingerprint density at radius 3 is 2.53 bits per heavy atom. The SMILES string of the molecule is Clc1ccccc1-c1nnc(-c2cccc(Br)c2)o1. The molecule has 3 aromatic rings. The molecule has 0 N–H and O–H groups in total. The van der Waals surface area contributed by atoms with Crippen molar-refractivity contribution in [1.29, 1.82) is 0 Å². The summed E-state index contributed by atoms with van der Waals surface area (Å²) in [6.07, 6.45) is 0.